The summed E-state index contributed by atoms with van der Waals surface area (Å²) in [5, 5.41) is 4.41. The van der Waals surface area contributed by atoms with E-state index in [1.54, 1.807) is 30.8 Å². The van der Waals surface area contributed by atoms with Crippen molar-refractivity contribution in [1.82, 2.24) is 23.4 Å². The van der Waals surface area contributed by atoms with Gasteiger partial charge in [-0.05, 0) is 50.3 Å². The van der Waals surface area contributed by atoms with Gasteiger partial charge in [0.1, 0.15) is 0 Å². The number of aromatic nitrogens is 3. The van der Waals surface area contributed by atoms with E-state index in [1.807, 2.05) is 16.8 Å². The maximum absolute atomic E-state index is 12.3. The summed E-state index contributed by atoms with van der Waals surface area (Å²) >= 11 is 0. The van der Waals surface area contributed by atoms with Crippen LogP contribution in [-0.2, 0) is 16.6 Å². The van der Waals surface area contributed by atoms with Gasteiger partial charge < -0.3 is 0 Å². The van der Waals surface area contributed by atoms with Crippen LogP contribution < -0.4 is 0 Å². The van der Waals surface area contributed by atoms with Crippen molar-refractivity contribution in [3.05, 3.63) is 36.2 Å². The van der Waals surface area contributed by atoms with Crippen molar-refractivity contribution in [2.75, 3.05) is 27.2 Å². The third kappa shape index (κ3) is 3.67. The molecule has 0 N–H and O–H groups in total. The van der Waals surface area contributed by atoms with E-state index in [0.717, 1.165) is 29.8 Å². The highest BCUT2D eigenvalue weighted by Gasteiger charge is 2.33. The molecule has 0 amide bonds. The molecule has 1 atom stereocenters. The molecule has 0 bridgehead atoms. The van der Waals surface area contributed by atoms with Crippen LogP contribution in [0, 0.1) is 5.92 Å². The highest BCUT2D eigenvalue weighted by atomic mass is 32.2. The van der Waals surface area contributed by atoms with E-state index >= 15 is 0 Å². The second-order valence-corrected chi connectivity index (χ2v) is 9.42. The predicted molar refractivity (Wildman–Crippen MR) is 102 cm³/mol. The van der Waals surface area contributed by atoms with Gasteiger partial charge >= 0.3 is 0 Å². The van der Waals surface area contributed by atoms with Crippen LogP contribution in [0.2, 0.25) is 0 Å². The standard InChI is InChI=1S/C18H27N5O2S/c1-14(2)23-17(7-10-20-23)18-16(6-5-9-19-18)12-15-8-11-22(13-15)26(24,25)21(3)4/h5-7,9-10,14-15H,8,11-13H2,1-4H3/t15-/m1/s1. The molecule has 26 heavy (non-hydrogen) atoms. The van der Waals surface area contributed by atoms with Gasteiger partial charge in [-0.25, -0.2) is 0 Å². The molecule has 0 radical (unpaired) electrons. The molecule has 1 saturated heterocycles. The quantitative estimate of drug-likeness (QED) is 0.774. The second kappa shape index (κ2) is 7.46. The molecule has 2 aromatic rings. The molecule has 3 rings (SSSR count). The molecule has 0 spiro atoms. The van der Waals surface area contributed by atoms with Gasteiger partial charge in [0.25, 0.3) is 10.2 Å². The molecule has 1 aliphatic heterocycles. The van der Waals surface area contributed by atoms with Gasteiger partial charge in [-0.2, -0.15) is 22.1 Å². The van der Waals surface area contributed by atoms with Gasteiger partial charge in [-0.1, -0.05) is 6.07 Å². The van der Waals surface area contributed by atoms with Crippen molar-refractivity contribution < 1.29 is 8.42 Å². The van der Waals surface area contributed by atoms with E-state index in [2.05, 4.69) is 30.0 Å². The van der Waals surface area contributed by atoms with Crippen molar-refractivity contribution in [2.45, 2.75) is 32.7 Å². The minimum absolute atomic E-state index is 0.252. The van der Waals surface area contributed by atoms with Crippen molar-refractivity contribution in [3.8, 4) is 11.4 Å². The van der Waals surface area contributed by atoms with Gasteiger partial charge in [-0.3, -0.25) is 9.67 Å². The van der Waals surface area contributed by atoms with E-state index in [9.17, 15) is 8.42 Å². The Morgan fingerprint density at radius 1 is 1.27 bits per heavy atom. The summed E-state index contributed by atoms with van der Waals surface area (Å²) in [6, 6.07) is 6.27. The Labute approximate surface area is 155 Å². The van der Waals surface area contributed by atoms with Crippen LogP contribution in [0.4, 0.5) is 0 Å². The lowest BCUT2D eigenvalue weighted by atomic mass is 9.96. The molecule has 2 aromatic heterocycles. The van der Waals surface area contributed by atoms with Crippen LogP contribution in [0.15, 0.2) is 30.6 Å². The van der Waals surface area contributed by atoms with E-state index < -0.39 is 10.2 Å². The first-order valence-electron chi connectivity index (χ1n) is 8.96. The van der Waals surface area contributed by atoms with Gasteiger partial charge in [0.2, 0.25) is 0 Å². The topological polar surface area (TPSA) is 71.3 Å². The fraction of sp³-hybridized carbons (Fsp3) is 0.556. The second-order valence-electron chi connectivity index (χ2n) is 7.27. The molecule has 1 aliphatic rings. The highest BCUT2D eigenvalue weighted by molar-refractivity contribution is 7.86. The van der Waals surface area contributed by atoms with Crippen molar-refractivity contribution in [2.24, 2.45) is 5.92 Å². The number of pyridine rings is 1. The Kier molecular flexibility index (Phi) is 5.45. The Bertz CT molecular complexity index is 860. The molecule has 0 aromatic carbocycles. The normalized spacial score (nSPS) is 18.9. The van der Waals surface area contributed by atoms with E-state index in [1.165, 1.54) is 4.31 Å². The Balaban J connectivity index is 1.81. The first-order valence-corrected chi connectivity index (χ1v) is 10.4. The lowest BCUT2D eigenvalue weighted by molar-refractivity contribution is 0.409. The zero-order valence-corrected chi connectivity index (χ0v) is 16.6. The largest absolute Gasteiger partial charge is 0.281 e. The van der Waals surface area contributed by atoms with Crippen LogP contribution in [0.25, 0.3) is 11.4 Å². The van der Waals surface area contributed by atoms with Crippen molar-refractivity contribution in [1.29, 1.82) is 0 Å². The summed E-state index contributed by atoms with van der Waals surface area (Å²) in [4.78, 5) is 4.60. The smallest absolute Gasteiger partial charge is 0.261 e. The van der Waals surface area contributed by atoms with Gasteiger partial charge in [0.05, 0.1) is 11.4 Å². The van der Waals surface area contributed by atoms with E-state index in [-0.39, 0.29) is 6.04 Å². The molecule has 142 valence electrons. The molecular formula is C18H27N5O2S. The fourth-order valence-corrected chi connectivity index (χ4v) is 4.66. The maximum Gasteiger partial charge on any atom is 0.281 e. The van der Waals surface area contributed by atoms with Gasteiger partial charge in [0, 0.05) is 45.6 Å². The third-order valence-corrected chi connectivity index (χ3v) is 6.75. The van der Waals surface area contributed by atoms with Crippen LogP contribution in [0.1, 0.15) is 31.9 Å². The van der Waals surface area contributed by atoms with Crippen LogP contribution in [0.5, 0.6) is 0 Å². The average molecular weight is 378 g/mol. The molecule has 7 nitrogen and oxygen atoms in total. The Morgan fingerprint density at radius 3 is 2.73 bits per heavy atom. The summed E-state index contributed by atoms with van der Waals surface area (Å²) in [7, 11) is -0.180. The monoisotopic (exact) mass is 377 g/mol. The molecule has 3 heterocycles. The maximum atomic E-state index is 12.3. The molecule has 0 unspecified atom stereocenters. The minimum Gasteiger partial charge on any atom is -0.261 e. The van der Waals surface area contributed by atoms with Crippen molar-refractivity contribution >= 4 is 10.2 Å². The zero-order chi connectivity index (χ0) is 18.9. The first kappa shape index (κ1) is 19.0. The molecule has 0 saturated carbocycles. The lowest BCUT2D eigenvalue weighted by Gasteiger charge is -2.21. The molecule has 0 aliphatic carbocycles. The number of nitrogens with zero attached hydrogens (tertiary/aromatic N) is 5. The summed E-state index contributed by atoms with van der Waals surface area (Å²) in [5.41, 5.74) is 3.09. The van der Waals surface area contributed by atoms with Crippen LogP contribution in [-0.4, -0.2) is 59.0 Å². The fourth-order valence-electron chi connectivity index (χ4n) is 3.46. The average Bonchev–Trinajstić information content (AvgIpc) is 3.24. The van der Waals surface area contributed by atoms with Crippen molar-refractivity contribution in [3.63, 3.8) is 0 Å². The van der Waals surface area contributed by atoms with Gasteiger partial charge in [0.15, 0.2) is 0 Å². The predicted octanol–water partition coefficient (Wildman–Crippen LogP) is 2.20. The van der Waals surface area contributed by atoms with Crippen LogP contribution in [0.3, 0.4) is 0 Å². The summed E-state index contributed by atoms with van der Waals surface area (Å²) in [6.07, 6.45) is 5.28. The zero-order valence-electron chi connectivity index (χ0n) is 15.8. The Morgan fingerprint density at radius 2 is 2.04 bits per heavy atom. The van der Waals surface area contributed by atoms with E-state index in [0.29, 0.717) is 19.0 Å². The highest BCUT2D eigenvalue weighted by Crippen LogP contribution is 2.29. The lowest BCUT2D eigenvalue weighted by Crippen LogP contribution is -2.38. The van der Waals surface area contributed by atoms with E-state index in [4.69, 9.17) is 0 Å². The molecule has 1 fully saturated rings. The summed E-state index contributed by atoms with van der Waals surface area (Å²) in [6.45, 7) is 5.32. The molecular weight excluding hydrogens is 350 g/mol. The number of hydrogen-bond acceptors (Lipinski definition) is 4. The number of hydrogen-bond donors (Lipinski definition) is 0. The SMILES string of the molecule is CC(C)n1nccc1-c1ncccc1C[C@H]1CCN(S(=O)(=O)N(C)C)C1. The van der Waals surface area contributed by atoms with Gasteiger partial charge in [-0.15, -0.1) is 0 Å². The Hall–Kier alpha value is -1.77. The number of rotatable bonds is 6. The summed E-state index contributed by atoms with van der Waals surface area (Å²) in [5.74, 6) is 0.295. The summed E-state index contributed by atoms with van der Waals surface area (Å²) < 4.78 is 29.5. The minimum atomic E-state index is -3.34. The third-order valence-electron chi connectivity index (χ3n) is 4.84. The molecule has 8 heteroatoms. The first-order chi connectivity index (χ1) is 12.3. The van der Waals surface area contributed by atoms with Crippen LogP contribution >= 0.6 is 0 Å².